The second-order valence-corrected chi connectivity index (χ2v) is 11.3. The van der Waals surface area contributed by atoms with Gasteiger partial charge in [-0.1, -0.05) is 59.6 Å². The molecule has 4 unspecified atom stereocenters. The number of rotatable bonds is 6. The number of carboxylic acid groups (broad SMARTS) is 1. The van der Waals surface area contributed by atoms with Crippen LogP contribution in [0.4, 0.5) is 4.39 Å². The number of amides is 1. The van der Waals surface area contributed by atoms with E-state index in [1.807, 2.05) is 30.5 Å². The van der Waals surface area contributed by atoms with Crippen LogP contribution < -0.4 is 0 Å². The van der Waals surface area contributed by atoms with Crippen LogP contribution in [-0.2, 0) is 4.79 Å². The highest BCUT2D eigenvalue weighted by Crippen LogP contribution is 2.57. The molecule has 5 rings (SSSR count). The van der Waals surface area contributed by atoms with Gasteiger partial charge in [0.15, 0.2) is 5.78 Å². The zero-order valence-electron chi connectivity index (χ0n) is 21.2. The minimum atomic E-state index is -1.82. The predicted octanol–water partition coefficient (Wildman–Crippen LogP) is 7.17. The summed E-state index contributed by atoms with van der Waals surface area (Å²) in [5.41, 5.74) is 0.173. The van der Waals surface area contributed by atoms with Crippen molar-refractivity contribution >= 4 is 40.6 Å². The van der Waals surface area contributed by atoms with Gasteiger partial charge in [-0.15, -0.1) is 11.3 Å². The van der Waals surface area contributed by atoms with Gasteiger partial charge in [-0.05, 0) is 67.3 Å². The Labute approximate surface area is 234 Å². The van der Waals surface area contributed by atoms with E-state index in [1.54, 1.807) is 42.5 Å². The van der Waals surface area contributed by atoms with Crippen LogP contribution in [0.5, 0.6) is 0 Å². The summed E-state index contributed by atoms with van der Waals surface area (Å²) >= 11 is 7.59. The Balaban J connectivity index is 1.81. The molecule has 1 amide bonds. The van der Waals surface area contributed by atoms with Crippen LogP contribution in [-0.4, -0.2) is 33.2 Å². The van der Waals surface area contributed by atoms with E-state index in [0.29, 0.717) is 21.0 Å². The van der Waals surface area contributed by atoms with Crippen molar-refractivity contribution in [3.05, 3.63) is 128 Å². The van der Waals surface area contributed by atoms with Gasteiger partial charge in [-0.3, -0.25) is 9.59 Å². The van der Waals surface area contributed by atoms with Crippen LogP contribution in [0.15, 0.2) is 90.3 Å². The maximum absolute atomic E-state index is 14.4. The topological polar surface area (TPSA) is 74.7 Å². The molecule has 1 aliphatic heterocycles. The second kappa shape index (κ2) is 10.4. The summed E-state index contributed by atoms with van der Waals surface area (Å²) in [6.45, 7) is 3.39. The molecule has 5 nitrogen and oxygen atoms in total. The van der Waals surface area contributed by atoms with E-state index in [4.69, 9.17) is 11.6 Å². The molecule has 1 fully saturated rings. The lowest BCUT2D eigenvalue weighted by Crippen LogP contribution is -2.54. The van der Waals surface area contributed by atoms with E-state index in [9.17, 15) is 23.9 Å². The molecule has 198 valence electrons. The molecule has 3 aromatic carbocycles. The van der Waals surface area contributed by atoms with Crippen molar-refractivity contribution in [3.63, 3.8) is 0 Å². The van der Waals surface area contributed by atoms with Crippen LogP contribution in [0.3, 0.4) is 0 Å². The minimum Gasteiger partial charge on any atom is -0.479 e. The number of hydrogen-bond acceptors (Lipinski definition) is 4. The predicted molar refractivity (Wildman–Crippen MR) is 149 cm³/mol. The molecular formula is C31H25ClFNO4S. The fourth-order valence-electron chi connectivity index (χ4n) is 5.70. The summed E-state index contributed by atoms with van der Waals surface area (Å²) in [6, 6.07) is 21.6. The number of aliphatic carboxylic acids is 1. The molecule has 39 heavy (non-hydrogen) atoms. The number of carboxylic acids is 1. The number of benzene rings is 3. The minimum absolute atomic E-state index is 0.127. The highest BCUT2D eigenvalue weighted by atomic mass is 35.5. The highest BCUT2D eigenvalue weighted by molar-refractivity contribution is 7.10. The van der Waals surface area contributed by atoms with Crippen molar-refractivity contribution in [3.8, 4) is 0 Å². The van der Waals surface area contributed by atoms with Crippen LogP contribution in [0.25, 0.3) is 0 Å². The Bertz CT molecular complexity index is 1560. The molecule has 4 atom stereocenters. The van der Waals surface area contributed by atoms with Crippen LogP contribution in [0, 0.1) is 18.7 Å². The van der Waals surface area contributed by atoms with Crippen molar-refractivity contribution in [2.24, 2.45) is 5.92 Å². The Hall–Kier alpha value is -3.81. The molecular weight excluding hydrogens is 537 g/mol. The average molecular weight is 562 g/mol. The SMILES string of the molecule is Cc1cccc(C2C(C(=O)c3cccc(Cl)c3)C(c3cccs3)C(C)(C(=O)O)N2C(=O)c2ccc(F)cc2)c1. The number of carbonyl (C=O) groups excluding carboxylic acids is 2. The summed E-state index contributed by atoms with van der Waals surface area (Å²) < 4.78 is 13.8. The number of nitrogens with zero attached hydrogens (tertiary/aromatic N) is 1. The van der Waals surface area contributed by atoms with Gasteiger partial charge in [0.1, 0.15) is 11.4 Å². The number of aryl methyl sites for hydroxylation is 1. The van der Waals surface area contributed by atoms with E-state index in [0.717, 1.165) is 17.7 Å². The molecule has 4 aromatic rings. The molecule has 1 N–H and O–H groups in total. The molecule has 8 heteroatoms. The van der Waals surface area contributed by atoms with Gasteiger partial charge in [-0.2, -0.15) is 0 Å². The summed E-state index contributed by atoms with van der Waals surface area (Å²) in [7, 11) is 0. The zero-order valence-corrected chi connectivity index (χ0v) is 22.7. The van der Waals surface area contributed by atoms with Gasteiger partial charge < -0.3 is 10.0 Å². The lowest BCUT2D eigenvalue weighted by atomic mass is 9.74. The molecule has 0 saturated carbocycles. The third-order valence-corrected chi connectivity index (χ3v) is 8.66. The van der Waals surface area contributed by atoms with E-state index in [2.05, 4.69) is 0 Å². The number of Topliss-reactive ketones (excluding diaryl/α,β-unsaturated/α-hetero) is 1. The van der Waals surface area contributed by atoms with Crippen molar-refractivity contribution in [1.29, 1.82) is 0 Å². The molecule has 2 heterocycles. The van der Waals surface area contributed by atoms with E-state index >= 15 is 0 Å². The van der Waals surface area contributed by atoms with Gasteiger partial charge in [0.25, 0.3) is 5.91 Å². The lowest BCUT2D eigenvalue weighted by molar-refractivity contribution is -0.148. The normalized spacial score (nSPS) is 22.6. The summed E-state index contributed by atoms with van der Waals surface area (Å²) in [5, 5.41) is 13.0. The van der Waals surface area contributed by atoms with Gasteiger partial charge >= 0.3 is 5.97 Å². The largest absolute Gasteiger partial charge is 0.479 e. The molecule has 0 radical (unpaired) electrons. The first-order valence-corrected chi connectivity index (χ1v) is 13.6. The van der Waals surface area contributed by atoms with Crippen molar-refractivity contribution in [2.45, 2.75) is 31.3 Å². The highest BCUT2D eigenvalue weighted by Gasteiger charge is 2.65. The Morgan fingerprint density at radius 1 is 0.949 bits per heavy atom. The summed E-state index contributed by atoms with van der Waals surface area (Å²) in [6.07, 6.45) is 0. The van der Waals surface area contributed by atoms with Crippen molar-refractivity contribution < 1.29 is 23.9 Å². The quantitative estimate of drug-likeness (QED) is 0.253. The number of hydrogen-bond donors (Lipinski definition) is 1. The number of halogens is 2. The first-order chi connectivity index (χ1) is 18.6. The van der Waals surface area contributed by atoms with E-state index in [1.165, 1.54) is 35.3 Å². The maximum atomic E-state index is 14.4. The van der Waals surface area contributed by atoms with Gasteiger partial charge in [0.2, 0.25) is 0 Å². The lowest BCUT2D eigenvalue weighted by Gasteiger charge is -2.37. The van der Waals surface area contributed by atoms with Crippen LogP contribution in [0.1, 0.15) is 55.6 Å². The molecule has 0 spiro atoms. The number of ketones is 1. The first kappa shape index (κ1) is 26.8. The Kier molecular flexibility index (Phi) is 7.14. The molecule has 0 bridgehead atoms. The Morgan fingerprint density at radius 2 is 1.67 bits per heavy atom. The number of thiophene rings is 1. The van der Waals surface area contributed by atoms with E-state index in [-0.39, 0.29) is 11.3 Å². The molecule has 1 saturated heterocycles. The molecule has 0 aliphatic carbocycles. The van der Waals surface area contributed by atoms with Gasteiger partial charge in [0, 0.05) is 26.9 Å². The Morgan fingerprint density at radius 3 is 2.28 bits per heavy atom. The third-order valence-electron chi connectivity index (χ3n) is 7.47. The maximum Gasteiger partial charge on any atom is 0.330 e. The van der Waals surface area contributed by atoms with Crippen LogP contribution >= 0.6 is 22.9 Å². The number of carbonyl (C=O) groups is 3. The summed E-state index contributed by atoms with van der Waals surface area (Å²) in [5.74, 6) is -4.51. The first-order valence-electron chi connectivity index (χ1n) is 12.3. The van der Waals surface area contributed by atoms with Gasteiger partial charge in [0.05, 0.1) is 12.0 Å². The second-order valence-electron chi connectivity index (χ2n) is 9.89. The van der Waals surface area contributed by atoms with Gasteiger partial charge in [-0.25, -0.2) is 9.18 Å². The smallest absolute Gasteiger partial charge is 0.330 e. The fraction of sp³-hybridized carbons (Fsp3) is 0.194. The monoisotopic (exact) mass is 561 g/mol. The summed E-state index contributed by atoms with van der Waals surface area (Å²) in [4.78, 5) is 43.9. The standard InChI is InChI=1S/C31H25ClFNO4S/c1-18-6-3-7-20(16-18)27-25(28(35)21-8-4-9-22(32)17-21)26(24-10-5-15-39-24)31(2,30(37)38)34(27)29(36)19-11-13-23(33)14-12-19/h3-17,25-27H,1-2H3,(H,37,38). The zero-order chi connectivity index (χ0) is 27.9. The third kappa shape index (κ3) is 4.66. The van der Waals surface area contributed by atoms with Crippen molar-refractivity contribution in [2.75, 3.05) is 0 Å². The molecule has 1 aliphatic rings. The average Bonchev–Trinajstić information content (AvgIpc) is 3.53. The van der Waals surface area contributed by atoms with E-state index < -0.39 is 41.1 Å². The fourth-order valence-corrected chi connectivity index (χ4v) is 6.88. The van der Waals surface area contributed by atoms with Crippen LogP contribution in [0.2, 0.25) is 5.02 Å². The molecule has 1 aromatic heterocycles. The van der Waals surface area contributed by atoms with Crippen molar-refractivity contribution in [1.82, 2.24) is 4.90 Å². The number of likely N-dealkylation sites (tertiary alicyclic amines) is 1.